The minimum absolute atomic E-state index is 0.205. The highest BCUT2D eigenvalue weighted by molar-refractivity contribution is 5.94. The quantitative estimate of drug-likeness (QED) is 0.723. The molecular weight excluding hydrogens is 341 g/mol. The third kappa shape index (κ3) is 4.25. The average molecular weight is 365 g/mol. The third-order valence-corrected chi connectivity index (χ3v) is 4.15. The molecule has 0 atom stereocenters. The van der Waals surface area contributed by atoms with E-state index >= 15 is 0 Å². The van der Waals surface area contributed by atoms with Gasteiger partial charge in [-0.1, -0.05) is 17.7 Å². The molecule has 0 saturated carbocycles. The summed E-state index contributed by atoms with van der Waals surface area (Å²) in [6.07, 6.45) is 0. The summed E-state index contributed by atoms with van der Waals surface area (Å²) in [5, 5.41) is 7.65. The van der Waals surface area contributed by atoms with E-state index in [1.54, 1.807) is 22.9 Å². The van der Waals surface area contributed by atoms with Crippen LogP contribution in [0.4, 0.5) is 4.39 Å². The molecule has 0 bridgehead atoms. The van der Waals surface area contributed by atoms with Crippen molar-refractivity contribution in [1.29, 1.82) is 0 Å². The molecule has 140 valence electrons. The summed E-state index contributed by atoms with van der Waals surface area (Å²) in [7, 11) is 0. The number of aromatic nitrogens is 2. The van der Waals surface area contributed by atoms with Crippen molar-refractivity contribution in [2.75, 3.05) is 0 Å². The van der Waals surface area contributed by atoms with E-state index in [0.717, 1.165) is 22.4 Å². The molecule has 3 rings (SSSR count). The van der Waals surface area contributed by atoms with Gasteiger partial charge in [0, 0.05) is 11.1 Å². The summed E-state index contributed by atoms with van der Waals surface area (Å²) in [6.45, 7) is 9.82. The third-order valence-electron chi connectivity index (χ3n) is 4.15. The lowest BCUT2D eigenvalue weighted by Gasteiger charge is -2.21. The van der Waals surface area contributed by atoms with Crippen molar-refractivity contribution in [3.05, 3.63) is 71.2 Å². The Labute approximate surface area is 159 Å². The van der Waals surface area contributed by atoms with Crippen LogP contribution in [0.15, 0.2) is 48.5 Å². The van der Waals surface area contributed by atoms with Crippen molar-refractivity contribution in [3.63, 3.8) is 0 Å². The maximum Gasteiger partial charge on any atom is 0.270 e. The number of amides is 1. The van der Waals surface area contributed by atoms with Gasteiger partial charge < -0.3 is 5.32 Å². The van der Waals surface area contributed by atoms with Crippen LogP contribution in [0.2, 0.25) is 0 Å². The highest BCUT2D eigenvalue weighted by Crippen LogP contribution is 2.24. The van der Waals surface area contributed by atoms with Gasteiger partial charge in [-0.3, -0.25) is 4.79 Å². The maximum atomic E-state index is 13.3. The second-order valence-corrected chi connectivity index (χ2v) is 7.83. The van der Waals surface area contributed by atoms with Gasteiger partial charge in [0.1, 0.15) is 11.5 Å². The summed E-state index contributed by atoms with van der Waals surface area (Å²) >= 11 is 0. The number of aryl methyl sites for hydroxylation is 2. The Morgan fingerprint density at radius 1 is 1.04 bits per heavy atom. The first kappa shape index (κ1) is 18.8. The molecule has 0 fully saturated rings. The monoisotopic (exact) mass is 365 g/mol. The van der Waals surface area contributed by atoms with Gasteiger partial charge in [0.05, 0.1) is 11.4 Å². The van der Waals surface area contributed by atoms with Gasteiger partial charge in [-0.15, -0.1) is 0 Å². The zero-order chi connectivity index (χ0) is 19.8. The molecule has 4 nitrogen and oxygen atoms in total. The van der Waals surface area contributed by atoms with Crippen LogP contribution in [-0.2, 0) is 0 Å². The summed E-state index contributed by atoms with van der Waals surface area (Å²) in [6, 6.07) is 13.9. The van der Waals surface area contributed by atoms with Crippen LogP contribution in [0, 0.1) is 19.7 Å². The van der Waals surface area contributed by atoms with Crippen molar-refractivity contribution < 1.29 is 9.18 Å². The standard InChI is InChI=1S/C22H24FN3O/c1-14-6-11-19(15(2)12-14)26-20(21(27)24-22(3,4)5)13-18(25-26)16-7-9-17(23)10-8-16/h6-13H,1-5H3,(H,24,27). The molecule has 0 saturated heterocycles. The molecule has 2 aromatic carbocycles. The number of benzene rings is 2. The van der Waals surface area contributed by atoms with Crippen LogP contribution < -0.4 is 5.32 Å². The number of halogens is 1. The van der Waals surface area contributed by atoms with E-state index in [0.29, 0.717) is 11.4 Å². The highest BCUT2D eigenvalue weighted by atomic mass is 19.1. The molecule has 0 aliphatic rings. The number of carbonyl (C=O) groups is 1. The van der Waals surface area contributed by atoms with Crippen molar-refractivity contribution in [3.8, 4) is 16.9 Å². The number of nitrogens with zero attached hydrogens (tertiary/aromatic N) is 2. The molecule has 5 heteroatoms. The van der Waals surface area contributed by atoms with E-state index in [1.807, 2.05) is 46.8 Å². The first-order chi connectivity index (χ1) is 12.6. The first-order valence-electron chi connectivity index (χ1n) is 8.90. The molecule has 1 N–H and O–H groups in total. The summed E-state index contributed by atoms with van der Waals surface area (Å²) in [4.78, 5) is 12.9. The lowest BCUT2D eigenvalue weighted by atomic mass is 10.1. The first-order valence-corrected chi connectivity index (χ1v) is 8.90. The van der Waals surface area contributed by atoms with Gasteiger partial charge in [-0.2, -0.15) is 5.10 Å². The van der Waals surface area contributed by atoms with Crippen LogP contribution in [0.25, 0.3) is 16.9 Å². The summed E-state index contributed by atoms with van der Waals surface area (Å²) < 4.78 is 14.9. The molecular formula is C22H24FN3O. The minimum atomic E-state index is -0.370. The van der Waals surface area contributed by atoms with Gasteiger partial charge in [-0.25, -0.2) is 9.07 Å². The zero-order valence-corrected chi connectivity index (χ0v) is 16.3. The van der Waals surface area contributed by atoms with Crippen molar-refractivity contribution >= 4 is 5.91 Å². The normalized spacial score (nSPS) is 11.5. The minimum Gasteiger partial charge on any atom is -0.346 e. The Bertz CT molecular complexity index is 982. The average Bonchev–Trinajstić information content (AvgIpc) is 2.99. The molecule has 0 aliphatic heterocycles. The Morgan fingerprint density at radius 3 is 2.30 bits per heavy atom. The summed E-state index contributed by atoms with van der Waals surface area (Å²) in [5.41, 5.74) is 4.45. The van der Waals surface area contributed by atoms with Gasteiger partial charge in [-0.05, 0) is 76.6 Å². The molecule has 0 spiro atoms. The molecule has 1 amide bonds. The molecule has 27 heavy (non-hydrogen) atoms. The molecule has 0 radical (unpaired) electrons. The fraction of sp³-hybridized carbons (Fsp3) is 0.273. The highest BCUT2D eigenvalue weighted by Gasteiger charge is 2.22. The lowest BCUT2D eigenvalue weighted by molar-refractivity contribution is 0.0911. The van der Waals surface area contributed by atoms with E-state index in [4.69, 9.17) is 0 Å². The van der Waals surface area contributed by atoms with Crippen molar-refractivity contribution in [2.24, 2.45) is 0 Å². The van der Waals surface area contributed by atoms with Crippen molar-refractivity contribution in [2.45, 2.75) is 40.2 Å². The smallest absolute Gasteiger partial charge is 0.270 e. The number of hydrogen-bond acceptors (Lipinski definition) is 2. The Morgan fingerprint density at radius 2 is 1.70 bits per heavy atom. The number of hydrogen-bond donors (Lipinski definition) is 1. The maximum absolute atomic E-state index is 13.3. The van der Waals surface area contributed by atoms with Gasteiger partial charge in [0.25, 0.3) is 5.91 Å². The van der Waals surface area contributed by atoms with Crippen LogP contribution >= 0.6 is 0 Å². The second kappa shape index (κ2) is 6.99. The van der Waals surface area contributed by atoms with E-state index in [9.17, 15) is 9.18 Å². The van der Waals surface area contributed by atoms with Crippen LogP contribution in [0.3, 0.4) is 0 Å². The van der Waals surface area contributed by atoms with E-state index in [-0.39, 0.29) is 17.3 Å². The fourth-order valence-electron chi connectivity index (χ4n) is 2.94. The lowest BCUT2D eigenvalue weighted by Crippen LogP contribution is -2.41. The van der Waals surface area contributed by atoms with Crippen LogP contribution in [0.1, 0.15) is 42.4 Å². The van der Waals surface area contributed by atoms with Crippen LogP contribution in [-0.4, -0.2) is 21.2 Å². The Balaban J connectivity index is 2.14. The predicted molar refractivity (Wildman–Crippen MR) is 106 cm³/mol. The number of nitrogens with one attached hydrogen (secondary N) is 1. The Hall–Kier alpha value is -2.95. The molecule has 1 aromatic heterocycles. The zero-order valence-electron chi connectivity index (χ0n) is 16.3. The molecule has 1 heterocycles. The predicted octanol–water partition coefficient (Wildman–Crippen LogP) is 4.82. The fourth-order valence-corrected chi connectivity index (χ4v) is 2.94. The van der Waals surface area contributed by atoms with Gasteiger partial charge in [0.2, 0.25) is 0 Å². The van der Waals surface area contributed by atoms with E-state index < -0.39 is 0 Å². The molecule has 0 aliphatic carbocycles. The number of rotatable bonds is 3. The largest absolute Gasteiger partial charge is 0.346 e. The SMILES string of the molecule is Cc1ccc(-n2nc(-c3ccc(F)cc3)cc2C(=O)NC(C)(C)C)c(C)c1. The topological polar surface area (TPSA) is 46.9 Å². The molecule has 3 aromatic rings. The van der Waals surface area contributed by atoms with Gasteiger partial charge >= 0.3 is 0 Å². The van der Waals surface area contributed by atoms with E-state index in [2.05, 4.69) is 16.5 Å². The summed E-state index contributed by atoms with van der Waals surface area (Å²) in [5.74, 6) is -0.512. The van der Waals surface area contributed by atoms with Gasteiger partial charge in [0.15, 0.2) is 0 Å². The molecule has 0 unspecified atom stereocenters. The second-order valence-electron chi connectivity index (χ2n) is 7.83. The number of carbonyl (C=O) groups excluding carboxylic acids is 1. The van der Waals surface area contributed by atoms with Crippen molar-refractivity contribution in [1.82, 2.24) is 15.1 Å². The van der Waals surface area contributed by atoms with E-state index in [1.165, 1.54) is 12.1 Å². The Kier molecular flexibility index (Phi) is 4.87. The van der Waals surface area contributed by atoms with Crippen LogP contribution in [0.5, 0.6) is 0 Å².